The van der Waals surface area contributed by atoms with Crippen LogP contribution < -0.4 is 10.1 Å². The fraction of sp³-hybridized carbons (Fsp3) is 0.250. The summed E-state index contributed by atoms with van der Waals surface area (Å²) in [5.74, 6) is 0.944. The monoisotopic (exact) mass is 273 g/mol. The van der Waals surface area contributed by atoms with Crippen LogP contribution in [0.5, 0.6) is 11.5 Å². The molecule has 3 N–H and O–H groups in total. The second kappa shape index (κ2) is 6.30. The van der Waals surface area contributed by atoms with Crippen molar-refractivity contribution in [2.45, 2.75) is 19.6 Å². The summed E-state index contributed by atoms with van der Waals surface area (Å²) in [6.45, 7) is 2.00. The molecule has 106 valence electrons. The van der Waals surface area contributed by atoms with Crippen LogP contribution in [-0.2, 0) is 6.61 Å². The van der Waals surface area contributed by atoms with Crippen molar-refractivity contribution in [3.05, 3.63) is 53.6 Å². The second-order valence-corrected chi connectivity index (χ2v) is 4.65. The first-order chi connectivity index (χ1) is 9.63. The molecule has 0 spiro atoms. The van der Waals surface area contributed by atoms with E-state index in [0.717, 1.165) is 16.8 Å². The Balaban J connectivity index is 2.16. The summed E-state index contributed by atoms with van der Waals surface area (Å²) in [5, 5.41) is 22.3. The molecular formula is C16H19NO3. The van der Waals surface area contributed by atoms with Crippen molar-refractivity contribution >= 4 is 5.69 Å². The molecule has 2 rings (SSSR count). The van der Waals surface area contributed by atoms with Crippen molar-refractivity contribution in [1.29, 1.82) is 0 Å². The molecule has 0 saturated heterocycles. The lowest BCUT2D eigenvalue weighted by atomic mass is 10.1. The Morgan fingerprint density at radius 1 is 1.15 bits per heavy atom. The van der Waals surface area contributed by atoms with Crippen molar-refractivity contribution < 1.29 is 14.9 Å². The number of aromatic hydroxyl groups is 1. The SMILES string of the molecule is COc1ccc(O)c(C(C)Nc2ccc(CO)cc2)c1. The predicted octanol–water partition coefficient (Wildman–Crippen LogP) is 3.07. The number of nitrogens with one attached hydrogen (secondary N) is 1. The molecule has 1 atom stereocenters. The van der Waals surface area contributed by atoms with E-state index in [1.54, 1.807) is 19.2 Å². The zero-order valence-corrected chi connectivity index (χ0v) is 11.6. The molecule has 4 heteroatoms. The summed E-state index contributed by atoms with van der Waals surface area (Å²) in [6, 6.07) is 12.6. The lowest BCUT2D eigenvalue weighted by molar-refractivity contribution is 0.282. The third kappa shape index (κ3) is 3.22. The molecule has 1 unspecified atom stereocenters. The molecule has 4 nitrogen and oxygen atoms in total. The number of benzene rings is 2. The van der Waals surface area contributed by atoms with Crippen molar-refractivity contribution in [3.63, 3.8) is 0 Å². The molecule has 0 amide bonds. The molecule has 0 fully saturated rings. The number of aliphatic hydroxyl groups excluding tert-OH is 1. The van der Waals surface area contributed by atoms with Gasteiger partial charge in [-0.15, -0.1) is 0 Å². The molecule has 0 bridgehead atoms. The third-order valence-corrected chi connectivity index (χ3v) is 3.22. The molecule has 2 aromatic carbocycles. The van der Waals surface area contributed by atoms with Gasteiger partial charge in [0.25, 0.3) is 0 Å². The van der Waals surface area contributed by atoms with E-state index in [9.17, 15) is 5.11 Å². The highest BCUT2D eigenvalue weighted by molar-refractivity contribution is 5.49. The highest BCUT2D eigenvalue weighted by Gasteiger charge is 2.11. The maximum Gasteiger partial charge on any atom is 0.121 e. The van der Waals surface area contributed by atoms with E-state index in [0.29, 0.717) is 5.75 Å². The van der Waals surface area contributed by atoms with Gasteiger partial charge in [0.05, 0.1) is 19.8 Å². The van der Waals surface area contributed by atoms with Crippen LogP contribution in [0.3, 0.4) is 0 Å². The van der Waals surface area contributed by atoms with Crippen LogP contribution in [0.25, 0.3) is 0 Å². The first-order valence-corrected chi connectivity index (χ1v) is 6.47. The van der Waals surface area contributed by atoms with Gasteiger partial charge in [-0.3, -0.25) is 0 Å². The minimum atomic E-state index is -0.0647. The van der Waals surface area contributed by atoms with Crippen LogP contribution in [0.4, 0.5) is 5.69 Å². The summed E-state index contributed by atoms with van der Waals surface area (Å²) >= 11 is 0. The quantitative estimate of drug-likeness (QED) is 0.783. The van der Waals surface area contributed by atoms with Gasteiger partial charge in [0.15, 0.2) is 0 Å². The summed E-state index contributed by atoms with van der Waals surface area (Å²) in [7, 11) is 1.60. The number of ether oxygens (including phenoxy) is 1. The minimum absolute atomic E-state index is 0.0342. The van der Waals surface area contributed by atoms with Crippen molar-refractivity contribution in [2.24, 2.45) is 0 Å². The third-order valence-electron chi connectivity index (χ3n) is 3.22. The van der Waals surface area contributed by atoms with Gasteiger partial charge >= 0.3 is 0 Å². The fourth-order valence-corrected chi connectivity index (χ4v) is 2.04. The highest BCUT2D eigenvalue weighted by atomic mass is 16.5. The number of aliphatic hydroxyl groups is 1. The van der Waals surface area contributed by atoms with Crippen molar-refractivity contribution in [2.75, 3.05) is 12.4 Å². The zero-order valence-electron chi connectivity index (χ0n) is 11.6. The number of hydrogen-bond donors (Lipinski definition) is 3. The van der Waals surface area contributed by atoms with Crippen molar-refractivity contribution in [3.8, 4) is 11.5 Å². The average Bonchev–Trinajstić information content (AvgIpc) is 2.48. The minimum Gasteiger partial charge on any atom is -0.508 e. The van der Waals surface area contributed by atoms with Gasteiger partial charge in [-0.25, -0.2) is 0 Å². The van der Waals surface area contributed by atoms with E-state index >= 15 is 0 Å². The normalized spacial score (nSPS) is 11.9. The number of methoxy groups -OCH3 is 1. The Labute approximate surface area is 118 Å². The van der Waals surface area contributed by atoms with Gasteiger partial charge in [-0.2, -0.15) is 0 Å². The summed E-state index contributed by atoms with van der Waals surface area (Å²) in [4.78, 5) is 0. The number of phenolic OH excluding ortho intramolecular Hbond substituents is 1. The molecule has 2 aromatic rings. The second-order valence-electron chi connectivity index (χ2n) is 4.65. The lowest BCUT2D eigenvalue weighted by Crippen LogP contribution is -2.07. The standard InChI is InChI=1S/C16H19NO3/c1-11(15-9-14(20-2)7-8-16(15)19)17-13-5-3-12(10-18)4-6-13/h3-9,11,17-19H,10H2,1-2H3. The average molecular weight is 273 g/mol. The molecule has 0 aliphatic rings. The Bertz CT molecular complexity index is 566. The molecule has 0 heterocycles. The fourth-order valence-electron chi connectivity index (χ4n) is 2.04. The van der Waals surface area contributed by atoms with Gasteiger partial charge in [0.2, 0.25) is 0 Å². The largest absolute Gasteiger partial charge is 0.508 e. The Kier molecular flexibility index (Phi) is 4.48. The lowest BCUT2D eigenvalue weighted by Gasteiger charge is -2.18. The molecular weight excluding hydrogens is 254 g/mol. The van der Waals surface area contributed by atoms with Gasteiger partial charge in [-0.1, -0.05) is 12.1 Å². The van der Waals surface area contributed by atoms with Crippen LogP contribution in [0.15, 0.2) is 42.5 Å². The van der Waals surface area contributed by atoms with E-state index in [-0.39, 0.29) is 18.4 Å². The predicted molar refractivity (Wildman–Crippen MR) is 79.1 cm³/mol. The zero-order chi connectivity index (χ0) is 14.5. The first-order valence-electron chi connectivity index (χ1n) is 6.47. The van der Waals surface area contributed by atoms with E-state index < -0.39 is 0 Å². The summed E-state index contributed by atoms with van der Waals surface area (Å²) in [6.07, 6.45) is 0. The van der Waals surface area contributed by atoms with Gasteiger partial charge in [0, 0.05) is 11.3 Å². The number of hydrogen-bond acceptors (Lipinski definition) is 4. The first kappa shape index (κ1) is 14.2. The number of phenols is 1. The van der Waals surface area contributed by atoms with E-state index in [2.05, 4.69) is 5.32 Å². The van der Waals surface area contributed by atoms with E-state index in [4.69, 9.17) is 9.84 Å². The molecule has 0 radical (unpaired) electrons. The van der Waals surface area contributed by atoms with Gasteiger partial charge in [-0.05, 0) is 42.8 Å². The van der Waals surface area contributed by atoms with Crippen molar-refractivity contribution in [1.82, 2.24) is 0 Å². The van der Waals surface area contributed by atoms with Gasteiger partial charge < -0.3 is 20.3 Å². The smallest absolute Gasteiger partial charge is 0.121 e. The Hall–Kier alpha value is -2.20. The molecule has 0 saturated carbocycles. The van der Waals surface area contributed by atoms with E-state index in [1.807, 2.05) is 37.3 Å². The number of rotatable bonds is 5. The van der Waals surface area contributed by atoms with Crippen LogP contribution in [0, 0.1) is 0 Å². The van der Waals surface area contributed by atoms with Crippen LogP contribution >= 0.6 is 0 Å². The molecule has 0 aliphatic heterocycles. The van der Waals surface area contributed by atoms with Crippen LogP contribution in [-0.4, -0.2) is 17.3 Å². The van der Waals surface area contributed by atoms with Gasteiger partial charge in [0.1, 0.15) is 11.5 Å². The summed E-state index contributed by atoms with van der Waals surface area (Å²) < 4.78 is 5.17. The van der Waals surface area contributed by atoms with Crippen LogP contribution in [0.1, 0.15) is 24.1 Å². The highest BCUT2D eigenvalue weighted by Crippen LogP contribution is 2.30. The number of anilines is 1. The molecule has 20 heavy (non-hydrogen) atoms. The molecule has 0 aliphatic carbocycles. The maximum absolute atomic E-state index is 9.93. The topological polar surface area (TPSA) is 61.7 Å². The molecule has 0 aromatic heterocycles. The van der Waals surface area contributed by atoms with E-state index in [1.165, 1.54) is 0 Å². The summed E-state index contributed by atoms with van der Waals surface area (Å²) in [5.41, 5.74) is 2.57. The Morgan fingerprint density at radius 2 is 1.85 bits per heavy atom. The Morgan fingerprint density at radius 3 is 2.45 bits per heavy atom. The maximum atomic E-state index is 9.93. The van der Waals surface area contributed by atoms with Crippen LogP contribution in [0.2, 0.25) is 0 Å².